The van der Waals surface area contributed by atoms with Gasteiger partial charge in [0.05, 0.1) is 12.2 Å². The van der Waals surface area contributed by atoms with Crippen LogP contribution in [0.4, 0.5) is 29.3 Å². The van der Waals surface area contributed by atoms with Crippen molar-refractivity contribution in [2.75, 3.05) is 16.2 Å². The lowest BCUT2D eigenvalue weighted by atomic mass is 10.1. The Bertz CT molecular complexity index is 1110. The zero-order valence-corrected chi connectivity index (χ0v) is 17.2. The Kier molecular flexibility index (Phi) is 5.99. The lowest BCUT2D eigenvalue weighted by Gasteiger charge is -2.37. The highest BCUT2D eigenvalue weighted by molar-refractivity contribution is 7.93. The Morgan fingerprint density at radius 2 is 2.13 bits per heavy atom. The highest BCUT2D eigenvalue weighted by Crippen LogP contribution is 2.41. The Labute approximate surface area is 178 Å². The Morgan fingerprint density at radius 3 is 2.68 bits per heavy atom. The minimum atomic E-state index is -5.08. The van der Waals surface area contributed by atoms with Crippen molar-refractivity contribution in [1.29, 1.82) is 0 Å². The number of aryl methyl sites for hydroxylation is 1. The first-order chi connectivity index (χ1) is 14.3. The normalized spacial score (nSPS) is 17.6. The predicted molar refractivity (Wildman–Crippen MR) is 102 cm³/mol. The Morgan fingerprint density at radius 1 is 1.45 bits per heavy atom. The minimum Gasteiger partial charge on any atom is -0.483 e. The summed E-state index contributed by atoms with van der Waals surface area (Å²) < 4.78 is 72.8. The number of sulfonamides is 1. The number of halogens is 4. The monoisotopic (exact) mass is 484 g/mol. The van der Waals surface area contributed by atoms with Crippen molar-refractivity contribution < 1.29 is 41.3 Å². The molecule has 1 aliphatic rings. The molecule has 170 valence electrons. The molecule has 0 spiro atoms. The summed E-state index contributed by atoms with van der Waals surface area (Å²) in [4.78, 5) is 10.4. The molecule has 0 saturated heterocycles. The molecule has 0 fully saturated rings. The van der Waals surface area contributed by atoms with E-state index in [1.807, 2.05) is 5.32 Å². The number of hydrogen-bond donors (Lipinski definition) is 3. The predicted octanol–water partition coefficient (Wildman–Crippen LogP) is 2.53. The van der Waals surface area contributed by atoms with Crippen molar-refractivity contribution in [2.45, 2.75) is 36.7 Å². The van der Waals surface area contributed by atoms with Gasteiger partial charge in [-0.1, -0.05) is 11.6 Å². The van der Waals surface area contributed by atoms with E-state index in [1.165, 1.54) is 10.7 Å². The van der Waals surface area contributed by atoms with Crippen LogP contribution in [0.15, 0.2) is 29.3 Å². The zero-order chi connectivity index (χ0) is 23.1. The molecule has 0 saturated carbocycles. The third-order valence-electron chi connectivity index (χ3n) is 4.37. The van der Waals surface area contributed by atoms with E-state index in [0.29, 0.717) is 4.31 Å². The molecule has 1 aliphatic heterocycles. The van der Waals surface area contributed by atoms with Gasteiger partial charge in [-0.2, -0.15) is 18.3 Å². The van der Waals surface area contributed by atoms with Crippen LogP contribution < -0.4 is 14.4 Å². The molecule has 15 heteroatoms. The van der Waals surface area contributed by atoms with Gasteiger partial charge in [0.1, 0.15) is 10.6 Å². The third-order valence-corrected chi connectivity index (χ3v) is 6.54. The van der Waals surface area contributed by atoms with Crippen LogP contribution in [-0.4, -0.2) is 59.4 Å². The number of amides is 1. The van der Waals surface area contributed by atoms with Gasteiger partial charge in [-0.3, -0.25) is 14.3 Å². The van der Waals surface area contributed by atoms with Gasteiger partial charge in [0, 0.05) is 18.4 Å². The number of nitrogens with one attached hydrogen (secondary N) is 1. The summed E-state index contributed by atoms with van der Waals surface area (Å²) in [6.07, 6.45) is -10.4. The second kappa shape index (κ2) is 8.09. The standard InChI is InChI=1S/C16H16ClF3N4O6S/c1-2-23-7-12(14(17)22-23)31(28,29)24-6-11(13(25)16(18,19)20)30-10-4-3-8(5-9(10)24)21-15(26)27/h3-5,7,11,13,21,25H,2,6H2,1H3,(H,26,27)/t11?,13-/m1/s1. The van der Waals surface area contributed by atoms with Crippen LogP contribution in [0.5, 0.6) is 5.75 Å². The van der Waals surface area contributed by atoms with E-state index in [-0.39, 0.29) is 23.7 Å². The number of aromatic nitrogens is 2. The highest BCUT2D eigenvalue weighted by atomic mass is 35.5. The van der Waals surface area contributed by atoms with Crippen LogP contribution in [0.2, 0.25) is 5.15 Å². The van der Waals surface area contributed by atoms with Gasteiger partial charge in [0.25, 0.3) is 10.0 Å². The maximum atomic E-state index is 13.3. The molecule has 0 aliphatic carbocycles. The summed E-state index contributed by atoms with van der Waals surface area (Å²) in [7, 11) is -4.57. The maximum Gasteiger partial charge on any atom is 0.418 e. The van der Waals surface area contributed by atoms with Crippen LogP contribution in [0.3, 0.4) is 0 Å². The van der Waals surface area contributed by atoms with Gasteiger partial charge in [-0.25, -0.2) is 13.2 Å². The lowest BCUT2D eigenvalue weighted by Crippen LogP contribution is -2.53. The molecular weight excluding hydrogens is 469 g/mol. The fourth-order valence-electron chi connectivity index (χ4n) is 2.91. The number of aliphatic hydroxyl groups excluding tert-OH is 1. The summed E-state index contributed by atoms with van der Waals surface area (Å²) in [6, 6.07) is 3.34. The number of alkyl halides is 3. The van der Waals surface area contributed by atoms with Crippen molar-refractivity contribution in [3.63, 3.8) is 0 Å². The first-order valence-electron chi connectivity index (χ1n) is 8.65. The maximum absolute atomic E-state index is 13.3. The van der Waals surface area contributed by atoms with Crippen LogP contribution in [0.25, 0.3) is 0 Å². The van der Waals surface area contributed by atoms with E-state index in [4.69, 9.17) is 21.4 Å². The van der Waals surface area contributed by atoms with E-state index in [2.05, 4.69) is 5.10 Å². The van der Waals surface area contributed by atoms with Crippen molar-refractivity contribution in [3.05, 3.63) is 29.5 Å². The molecule has 31 heavy (non-hydrogen) atoms. The topological polar surface area (TPSA) is 134 Å². The number of ether oxygens (including phenoxy) is 1. The van der Waals surface area contributed by atoms with Gasteiger partial charge in [-0.05, 0) is 25.1 Å². The van der Waals surface area contributed by atoms with E-state index < -0.39 is 51.1 Å². The average Bonchev–Trinajstić information content (AvgIpc) is 3.07. The fraction of sp³-hybridized carbons (Fsp3) is 0.375. The fourth-order valence-corrected chi connectivity index (χ4v) is 4.84. The van der Waals surface area contributed by atoms with Gasteiger partial charge in [0.2, 0.25) is 0 Å². The molecular formula is C16H16ClF3N4O6S. The van der Waals surface area contributed by atoms with Crippen LogP contribution in [-0.2, 0) is 16.6 Å². The number of nitrogens with zero attached hydrogens (tertiary/aromatic N) is 3. The van der Waals surface area contributed by atoms with Crippen molar-refractivity contribution in [3.8, 4) is 5.75 Å². The van der Waals surface area contributed by atoms with Gasteiger partial charge >= 0.3 is 12.3 Å². The molecule has 0 radical (unpaired) electrons. The molecule has 3 rings (SSSR count). The summed E-state index contributed by atoms with van der Waals surface area (Å²) in [5.41, 5.74) is -0.294. The summed E-state index contributed by atoms with van der Waals surface area (Å²) in [5.74, 6) is -0.307. The van der Waals surface area contributed by atoms with E-state index in [0.717, 1.165) is 18.3 Å². The zero-order valence-electron chi connectivity index (χ0n) is 15.7. The molecule has 0 bridgehead atoms. The molecule has 1 amide bonds. The molecule has 2 heterocycles. The van der Waals surface area contributed by atoms with Gasteiger partial charge in [-0.15, -0.1) is 0 Å². The van der Waals surface area contributed by atoms with Crippen molar-refractivity contribution in [2.24, 2.45) is 0 Å². The highest BCUT2D eigenvalue weighted by Gasteiger charge is 2.49. The number of hydrogen-bond acceptors (Lipinski definition) is 6. The number of aliphatic hydroxyl groups is 1. The molecule has 3 N–H and O–H groups in total. The molecule has 1 aromatic heterocycles. The minimum absolute atomic E-state index is 0.0554. The molecule has 10 nitrogen and oxygen atoms in total. The van der Waals surface area contributed by atoms with Gasteiger partial charge in [0.15, 0.2) is 17.4 Å². The van der Waals surface area contributed by atoms with Crippen molar-refractivity contribution in [1.82, 2.24) is 9.78 Å². The first kappa shape index (κ1) is 23.0. The second-order valence-electron chi connectivity index (χ2n) is 6.43. The number of carbonyl (C=O) groups is 1. The smallest absolute Gasteiger partial charge is 0.418 e. The van der Waals surface area contributed by atoms with E-state index in [9.17, 15) is 31.5 Å². The van der Waals surface area contributed by atoms with Crippen LogP contribution in [0, 0.1) is 0 Å². The second-order valence-corrected chi connectivity index (χ2v) is 8.62. The number of fused-ring (bicyclic) bond motifs is 1. The molecule has 2 aromatic rings. The van der Waals surface area contributed by atoms with Crippen LogP contribution >= 0.6 is 11.6 Å². The summed E-state index contributed by atoms with van der Waals surface area (Å²) in [5, 5.41) is 24.0. The number of carboxylic acid groups (broad SMARTS) is 1. The van der Waals surface area contributed by atoms with Crippen LogP contribution in [0.1, 0.15) is 6.92 Å². The summed E-state index contributed by atoms with van der Waals surface area (Å²) in [6.45, 7) is 1.03. The Hall–Kier alpha value is -2.71. The number of benzene rings is 1. The van der Waals surface area contributed by atoms with Gasteiger partial charge < -0.3 is 14.9 Å². The molecule has 1 unspecified atom stereocenters. The molecule has 1 aromatic carbocycles. The lowest BCUT2D eigenvalue weighted by molar-refractivity contribution is -0.225. The third kappa shape index (κ3) is 4.50. The number of rotatable bonds is 5. The Balaban J connectivity index is 2.13. The van der Waals surface area contributed by atoms with E-state index >= 15 is 0 Å². The average molecular weight is 485 g/mol. The van der Waals surface area contributed by atoms with E-state index in [1.54, 1.807) is 6.92 Å². The quantitative estimate of drug-likeness (QED) is 0.593. The SMILES string of the molecule is CCn1cc(S(=O)(=O)N2CC([C@@H](O)C(F)(F)F)Oc3ccc(NC(=O)O)cc32)c(Cl)n1. The van der Waals surface area contributed by atoms with Crippen molar-refractivity contribution >= 4 is 39.1 Å². The molecule has 2 atom stereocenters. The number of anilines is 2. The largest absolute Gasteiger partial charge is 0.483 e. The summed E-state index contributed by atoms with van der Waals surface area (Å²) >= 11 is 5.94. The first-order valence-corrected chi connectivity index (χ1v) is 10.5.